The molecule has 0 aromatic heterocycles. The summed E-state index contributed by atoms with van der Waals surface area (Å²) in [6.07, 6.45) is 1.20. The van der Waals surface area contributed by atoms with E-state index < -0.39 is 8.32 Å². The van der Waals surface area contributed by atoms with Crippen LogP contribution in [0.1, 0.15) is 13.8 Å². The van der Waals surface area contributed by atoms with Crippen LogP contribution >= 0.6 is 0 Å². The molecule has 1 unspecified atom stereocenters. The van der Waals surface area contributed by atoms with Gasteiger partial charge in [-0.15, -0.1) is 0 Å². The third-order valence-corrected chi connectivity index (χ3v) is 9.25. The predicted molar refractivity (Wildman–Crippen MR) is 68.2 cm³/mol. The molecular formula is C10H22O3Si2. The highest BCUT2D eigenvalue weighted by atomic mass is 28.4. The first-order valence-corrected chi connectivity index (χ1v) is 9.93. The Bertz CT molecular complexity index is 217. The zero-order chi connectivity index (χ0) is 11.9. The van der Waals surface area contributed by atoms with Crippen LogP contribution in [0.15, 0.2) is 12.7 Å². The van der Waals surface area contributed by atoms with Gasteiger partial charge in [-0.1, -0.05) is 20.4 Å². The Morgan fingerprint density at radius 2 is 2.20 bits per heavy atom. The fourth-order valence-electron chi connectivity index (χ4n) is 0.974. The van der Waals surface area contributed by atoms with Crippen LogP contribution in [-0.2, 0) is 13.6 Å². The molecule has 0 aromatic carbocycles. The van der Waals surface area contributed by atoms with Crippen LogP contribution in [0.4, 0.5) is 0 Å². The Morgan fingerprint density at radius 3 is 2.67 bits per heavy atom. The van der Waals surface area contributed by atoms with Crippen LogP contribution in [0.5, 0.6) is 0 Å². The van der Waals surface area contributed by atoms with E-state index >= 15 is 0 Å². The summed E-state index contributed by atoms with van der Waals surface area (Å²) >= 11 is 0. The van der Waals surface area contributed by atoms with Gasteiger partial charge in [-0.05, 0) is 19.1 Å². The molecule has 0 radical (unpaired) electrons. The summed E-state index contributed by atoms with van der Waals surface area (Å²) in [6, 6.07) is 1.16. The summed E-state index contributed by atoms with van der Waals surface area (Å²) in [7, 11) is -2.02. The molecule has 5 heteroatoms. The molecule has 3 nitrogen and oxygen atoms in total. The Hall–Kier alpha value is -0.396. The summed E-state index contributed by atoms with van der Waals surface area (Å²) in [5.74, 6) is -0.348. The van der Waals surface area contributed by atoms with Crippen LogP contribution < -0.4 is 0 Å². The van der Waals surface area contributed by atoms with Crippen LogP contribution in [0.3, 0.4) is 0 Å². The average Bonchev–Trinajstić information content (AvgIpc) is 2.22. The fourth-order valence-corrected chi connectivity index (χ4v) is 5.52. The number of rotatable bonds is 7. The van der Waals surface area contributed by atoms with E-state index in [1.165, 1.54) is 6.08 Å². The van der Waals surface area contributed by atoms with Crippen molar-refractivity contribution in [1.82, 2.24) is 0 Å². The van der Waals surface area contributed by atoms with Gasteiger partial charge in [0.25, 0.3) is 0 Å². The van der Waals surface area contributed by atoms with Crippen molar-refractivity contribution < 1.29 is 13.6 Å². The molecule has 0 amide bonds. The lowest BCUT2D eigenvalue weighted by molar-refractivity contribution is -0.137. The van der Waals surface area contributed by atoms with Crippen LogP contribution in [-0.4, -0.2) is 30.7 Å². The van der Waals surface area contributed by atoms with Crippen LogP contribution in [0.25, 0.3) is 0 Å². The van der Waals surface area contributed by atoms with Crippen LogP contribution in [0, 0.1) is 0 Å². The smallest absolute Gasteiger partial charge is 0.330 e. The lowest BCUT2D eigenvalue weighted by atomic mass is 10.5. The second kappa shape index (κ2) is 6.97. The Kier molecular flexibility index (Phi) is 6.79. The van der Waals surface area contributed by atoms with E-state index in [0.717, 1.165) is 6.04 Å². The van der Waals surface area contributed by atoms with E-state index in [-0.39, 0.29) is 15.7 Å². The molecule has 1 atom stereocenters. The third-order valence-electron chi connectivity index (χ3n) is 2.51. The largest absolute Gasteiger partial charge is 0.462 e. The van der Waals surface area contributed by atoms with Crippen molar-refractivity contribution in [1.29, 1.82) is 0 Å². The molecule has 0 fully saturated rings. The molecular weight excluding hydrogens is 224 g/mol. The van der Waals surface area contributed by atoms with Crippen molar-refractivity contribution in [3.05, 3.63) is 12.7 Å². The molecule has 0 heterocycles. The van der Waals surface area contributed by atoms with E-state index in [2.05, 4.69) is 33.5 Å². The van der Waals surface area contributed by atoms with E-state index in [0.29, 0.717) is 12.1 Å². The van der Waals surface area contributed by atoms with Gasteiger partial charge in [-0.3, -0.25) is 0 Å². The van der Waals surface area contributed by atoms with Crippen molar-refractivity contribution in [3.63, 3.8) is 0 Å². The molecule has 0 aromatic rings. The summed E-state index contributed by atoms with van der Waals surface area (Å²) in [6.45, 7) is 12.4. The van der Waals surface area contributed by atoms with Crippen molar-refractivity contribution >= 4 is 24.0 Å². The normalized spacial score (nSPS) is 14.1. The maximum absolute atomic E-state index is 10.9. The summed E-state index contributed by atoms with van der Waals surface area (Å²) in [5, 5.41) is 0. The Morgan fingerprint density at radius 1 is 1.60 bits per heavy atom. The number of hydrogen-bond donors (Lipinski definition) is 0. The molecule has 0 N–H and O–H groups in total. The quantitative estimate of drug-likeness (QED) is 0.391. The second-order valence-corrected chi connectivity index (χ2v) is 10.9. The van der Waals surface area contributed by atoms with Gasteiger partial charge in [0.15, 0.2) is 8.32 Å². The topological polar surface area (TPSA) is 35.5 Å². The highest BCUT2D eigenvalue weighted by Gasteiger charge is 2.30. The first-order valence-electron chi connectivity index (χ1n) is 5.37. The molecule has 0 aliphatic rings. The molecule has 0 rings (SSSR count). The van der Waals surface area contributed by atoms with Gasteiger partial charge < -0.3 is 8.85 Å². The highest BCUT2D eigenvalue weighted by molar-refractivity contribution is 6.76. The predicted octanol–water partition coefficient (Wildman–Crippen LogP) is 1.85. The molecule has 0 saturated carbocycles. The van der Waals surface area contributed by atoms with Crippen molar-refractivity contribution in [2.45, 2.75) is 38.5 Å². The van der Waals surface area contributed by atoms with Gasteiger partial charge in [-0.2, -0.15) is 0 Å². The van der Waals surface area contributed by atoms with Crippen molar-refractivity contribution in [2.75, 3.05) is 6.61 Å². The summed E-state index contributed by atoms with van der Waals surface area (Å²) < 4.78 is 11.0. The summed E-state index contributed by atoms with van der Waals surface area (Å²) in [5.41, 5.74) is 0.334. The first kappa shape index (κ1) is 14.6. The number of carbonyl (C=O) groups is 1. The van der Waals surface area contributed by atoms with E-state index in [9.17, 15) is 4.79 Å². The van der Waals surface area contributed by atoms with Gasteiger partial charge in [-0.25, -0.2) is 4.79 Å². The van der Waals surface area contributed by atoms with E-state index in [4.69, 9.17) is 8.85 Å². The zero-order valence-electron chi connectivity index (χ0n) is 10.2. The minimum Gasteiger partial charge on any atom is -0.462 e. The number of hydrogen-bond acceptors (Lipinski definition) is 3. The lowest BCUT2D eigenvalue weighted by Crippen LogP contribution is -2.38. The number of esters is 1. The van der Waals surface area contributed by atoms with Gasteiger partial charge in [0, 0.05) is 11.6 Å². The van der Waals surface area contributed by atoms with Gasteiger partial charge in [0.2, 0.25) is 0 Å². The molecule has 0 bridgehead atoms. The minimum absolute atomic E-state index is 0.334. The third kappa shape index (κ3) is 5.91. The lowest BCUT2D eigenvalue weighted by Gasteiger charge is -2.29. The van der Waals surface area contributed by atoms with Gasteiger partial charge in [0.05, 0.1) is 6.61 Å². The molecule has 0 aliphatic carbocycles. The first-order chi connectivity index (χ1) is 6.94. The van der Waals surface area contributed by atoms with Crippen molar-refractivity contribution in [2.24, 2.45) is 0 Å². The highest BCUT2D eigenvalue weighted by Crippen LogP contribution is 2.22. The van der Waals surface area contributed by atoms with Crippen LogP contribution in [0.2, 0.25) is 24.7 Å². The molecule has 0 spiro atoms. The van der Waals surface area contributed by atoms with Gasteiger partial charge >= 0.3 is 5.97 Å². The zero-order valence-corrected chi connectivity index (χ0v) is 12.6. The minimum atomic E-state index is -1.66. The van der Waals surface area contributed by atoms with E-state index in [1.807, 2.05) is 0 Å². The second-order valence-electron chi connectivity index (χ2n) is 4.19. The maximum Gasteiger partial charge on any atom is 0.330 e. The molecule has 0 aliphatic heterocycles. The number of ether oxygens (including phenoxy) is 1. The van der Waals surface area contributed by atoms with Crippen molar-refractivity contribution in [3.8, 4) is 0 Å². The Balaban J connectivity index is 4.00. The molecule has 0 saturated heterocycles. The van der Waals surface area contributed by atoms with Gasteiger partial charge in [0.1, 0.15) is 9.76 Å². The average molecular weight is 246 g/mol. The SMILES string of the molecule is C=CC(=O)OCC(C)[Si](C)(C)O[SiH2]CC. The molecule has 15 heavy (non-hydrogen) atoms. The maximum atomic E-state index is 10.9. The standard InChI is InChI=1S/C10H22O3Si2/c1-6-10(11)12-8-9(3)15(4,5)13-14-7-2/h6,9H,1,7-8,14H2,2-5H3. The monoisotopic (exact) mass is 246 g/mol. The summed E-state index contributed by atoms with van der Waals surface area (Å²) in [4.78, 5) is 10.9. The van der Waals surface area contributed by atoms with E-state index in [1.54, 1.807) is 0 Å². The Labute approximate surface area is 95.9 Å². The fraction of sp³-hybridized carbons (Fsp3) is 0.700. The number of carbonyl (C=O) groups excluding carboxylic acids is 1. The molecule has 88 valence electrons.